The average Bonchev–Trinajstić information content (AvgIpc) is 1.94. The third kappa shape index (κ3) is 1.71. The van der Waals surface area contributed by atoms with Crippen LogP contribution in [-0.4, -0.2) is 5.78 Å². The van der Waals surface area contributed by atoms with Crippen LogP contribution >= 0.6 is 22.6 Å². The van der Waals surface area contributed by atoms with Crippen LogP contribution in [0.2, 0.25) is 0 Å². The first-order valence-corrected chi connectivity index (χ1v) is 4.25. The zero-order valence-corrected chi connectivity index (χ0v) is 8.25. The molecule has 0 bridgehead atoms. The zero-order valence-electron chi connectivity index (χ0n) is 6.10. The molecule has 1 aromatic carbocycles. The van der Waals surface area contributed by atoms with Crippen molar-refractivity contribution >= 4 is 34.1 Å². The van der Waals surface area contributed by atoms with Crippen LogP contribution in [0.3, 0.4) is 0 Å². The van der Waals surface area contributed by atoms with Gasteiger partial charge in [-0.1, -0.05) is 6.07 Å². The Morgan fingerprint density at radius 2 is 2.18 bits per heavy atom. The Balaban J connectivity index is 3.27. The number of ketones is 1. The Hall–Kier alpha value is -0.580. The van der Waals surface area contributed by atoms with Gasteiger partial charge in [-0.2, -0.15) is 0 Å². The molecule has 0 saturated heterocycles. The van der Waals surface area contributed by atoms with Crippen LogP contribution in [0.25, 0.3) is 0 Å². The molecule has 0 aliphatic carbocycles. The molecular formula is C8H8INO. The summed E-state index contributed by atoms with van der Waals surface area (Å²) >= 11 is 2.11. The fourth-order valence-corrected chi connectivity index (χ4v) is 1.34. The summed E-state index contributed by atoms with van der Waals surface area (Å²) in [5.74, 6) is 0.0148. The van der Waals surface area contributed by atoms with Gasteiger partial charge in [0.15, 0.2) is 5.78 Å². The van der Waals surface area contributed by atoms with E-state index < -0.39 is 0 Å². The minimum Gasteiger partial charge on any atom is -0.397 e. The first-order valence-electron chi connectivity index (χ1n) is 3.18. The standard InChI is InChI=1S/C8H8INO/c1-5(11)6-3-2-4-7(9)8(6)10/h2-4H,10H2,1H3. The molecule has 1 aromatic rings. The van der Waals surface area contributed by atoms with E-state index in [0.717, 1.165) is 3.57 Å². The van der Waals surface area contributed by atoms with Gasteiger partial charge in [0.25, 0.3) is 0 Å². The van der Waals surface area contributed by atoms with Gasteiger partial charge >= 0.3 is 0 Å². The Kier molecular flexibility index (Phi) is 2.49. The van der Waals surface area contributed by atoms with E-state index in [1.54, 1.807) is 6.07 Å². The fourth-order valence-electron chi connectivity index (χ4n) is 0.844. The van der Waals surface area contributed by atoms with Gasteiger partial charge in [0.05, 0.1) is 5.69 Å². The monoisotopic (exact) mass is 261 g/mol. The van der Waals surface area contributed by atoms with Gasteiger partial charge in [-0.3, -0.25) is 4.79 Å². The third-order valence-corrected chi connectivity index (χ3v) is 2.37. The van der Waals surface area contributed by atoms with Gasteiger partial charge in [-0.05, 0) is 41.6 Å². The zero-order chi connectivity index (χ0) is 8.43. The molecule has 0 atom stereocenters. The third-order valence-electron chi connectivity index (χ3n) is 1.43. The molecule has 0 fully saturated rings. The lowest BCUT2D eigenvalue weighted by Gasteiger charge is -2.02. The molecule has 0 spiro atoms. The van der Waals surface area contributed by atoms with Crippen molar-refractivity contribution in [2.75, 3.05) is 5.73 Å². The largest absolute Gasteiger partial charge is 0.397 e. The van der Waals surface area contributed by atoms with Crippen LogP contribution in [0.1, 0.15) is 17.3 Å². The van der Waals surface area contributed by atoms with E-state index >= 15 is 0 Å². The SMILES string of the molecule is CC(=O)c1cccc(I)c1N. The molecule has 2 N–H and O–H groups in total. The van der Waals surface area contributed by atoms with E-state index in [9.17, 15) is 4.79 Å². The van der Waals surface area contributed by atoms with E-state index in [-0.39, 0.29) is 5.78 Å². The van der Waals surface area contributed by atoms with E-state index in [4.69, 9.17) is 5.73 Å². The number of para-hydroxylation sites is 1. The predicted octanol–water partition coefficient (Wildman–Crippen LogP) is 2.08. The van der Waals surface area contributed by atoms with E-state index in [1.165, 1.54) is 6.92 Å². The van der Waals surface area contributed by atoms with Crippen molar-refractivity contribution in [3.8, 4) is 0 Å². The summed E-state index contributed by atoms with van der Waals surface area (Å²) in [6, 6.07) is 5.44. The fraction of sp³-hybridized carbons (Fsp3) is 0.125. The molecular weight excluding hydrogens is 253 g/mol. The summed E-state index contributed by atoms with van der Waals surface area (Å²) in [6.07, 6.45) is 0. The van der Waals surface area contributed by atoms with Crippen molar-refractivity contribution in [3.05, 3.63) is 27.3 Å². The number of carbonyl (C=O) groups is 1. The van der Waals surface area contributed by atoms with Crippen LogP contribution in [0.15, 0.2) is 18.2 Å². The molecule has 1 rings (SSSR count). The number of carbonyl (C=O) groups excluding carboxylic acids is 1. The Labute approximate surface area is 78.9 Å². The van der Waals surface area contributed by atoms with Crippen molar-refractivity contribution in [2.45, 2.75) is 6.92 Å². The Morgan fingerprint density at radius 1 is 1.55 bits per heavy atom. The first-order chi connectivity index (χ1) is 5.13. The maximum Gasteiger partial charge on any atom is 0.161 e. The van der Waals surface area contributed by atoms with Crippen molar-refractivity contribution in [1.29, 1.82) is 0 Å². The lowest BCUT2D eigenvalue weighted by Crippen LogP contribution is -2.00. The van der Waals surface area contributed by atoms with Crippen molar-refractivity contribution < 1.29 is 4.79 Å². The normalized spacial score (nSPS) is 9.64. The van der Waals surface area contributed by atoms with Gasteiger partial charge in [0.2, 0.25) is 0 Å². The number of Topliss-reactive ketones (excluding diaryl/α,β-unsaturated/α-hetero) is 1. The van der Waals surface area contributed by atoms with Gasteiger partial charge in [-0.15, -0.1) is 0 Å². The first kappa shape index (κ1) is 8.52. The summed E-state index contributed by atoms with van der Waals surface area (Å²) in [7, 11) is 0. The van der Waals surface area contributed by atoms with Gasteiger partial charge in [0, 0.05) is 9.13 Å². The molecule has 0 saturated carbocycles. The smallest absolute Gasteiger partial charge is 0.161 e. The lowest BCUT2D eigenvalue weighted by atomic mass is 10.1. The molecule has 0 amide bonds. The molecule has 0 radical (unpaired) electrons. The molecule has 58 valence electrons. The molecule has 0 heterocycles. The minimum absolute atomic E-state index is 0.0148. The molecule has 2 nitrogen and oxygen atoms in total. The van der Waals surface area contributed by atoms with Crippen LogP contribution in [0.4, 0.5) is 5.69 Å². The Morgan fingerprint density at radius 3 is 2.64 bits per heavy atom. The second-order valence-electron chi connectivity index (χ2n) is 2.26. The number of halogens is 1. The van der Waals surface area contributed by atoms with Crippen molar-refractivity contribution in [2.24, 2.45) is 0 Å². The quantitative estimate of drug-likeness (QED) is 0.477. The maximum atomic E-state index is 10.9. The number of benzene rings is 1. The highest BCUT2D eigenvalue weighted by Gasteiger charge is 2.05. The number of hydrogen-bond donors (Lipinski definition) is 1. The van der Waals surface area contributed by atoms with Gasteiger partial charge in [0.1, 0.15) is 0 Å². The lowest BCUT2D eigenvalue weighted by molar-refractivity contribution is 0.101. The maximum absolute atomic E-state index is 10.9. The highest BCUT2D eigenvalue weighted by Crippen LogP contribution is 2.19. The Bertz CT molecular complexity index is 296. The van der Waals surface area contributed by atoms with Crippen LogP contribution in [0.5, 0.6) is 0 Å². The molecule has 3 heteroatoms. The highest BCUT2D eigenvalue weighted by atomic mass is 127. The average molecular weight is 261 g/mol. The number of hydrogen-bond acceptors (Lipinski definition) is 2. The van der Waals surface area contributed by atoms with Crippen molar-refractivity contribution in [3.63, 3.8) is 0 Å². The number of anilines is 1. The van der Waals surface area contributed by atoms with Crippen LogP contribution in [0, 0.1) is 3.57 Å². The predicted molar refractivity (Wildman–Crippen MR) is 53.6 cm³/mol. The molecule has 0 aliphatic heterocycles. The second kappa shape index (κ2) is 3.21. The summed E-state index contributed by atoms with van der Waals surface area (Å²) in [4.78, 5) is 10.9. The van der Waals surface area contributed by atoms with Crippen LogP contribution in [-0.2, 0) is 0 Å². The summed E-state index contributed by atoms with van der Waals surface area (Å²) in [5.41, 5.74) is 6.85. The molecule has 0 aliphatic rings. The summed E-state index contributed by atoms with van der Waals surface area (Å²) < 4.78 is 0.926. The van der Waals surface area contributed by atoms with E-state index in [2.05, 4.69) is 22.6 Å². The molecule has 11 heavy (non-hydrogen) atoms. The van der Waals surface area contributed by atoms with Gasteiger partial charge in [-0.25, -0.2) is 0 Å². The van der Waals surface area contributed by atoms with E-state index in [1.807, 2.05) is 12.1 Å². The number of nitrogen functional groups attached to an aromatic ring is 1. The van der Waals surface area contributed by atoms with Crippen molar-refractivity contribution in [1.82, 2.24) is 0 Å². The summed E-state index contributed by atoms with van der Waals surface area (Å²) in [5, 5.41) is 0. The molecule has 0 aromatic heterocycles. The number of rotatable bonds is 1. The molecule has 0 unspecified atom stereocenters. The highest BCUT2D eigenvalue weighted by molar-refractivity contribution is 14.1. The van der Waals surface area contributed by atoms with Gasteiger partial charge < -0.3 is 5.73 Å². The van der Waals surface area contributed by atoms with E-state index in [0.29, 0.717) is 11.3 Å². The topological polar surface area (TPSA) is 43.1 Å². The second-order valence-corrected chi connectivity index (χ2v) is 3.42. The van der Waals surface area contributed by atoms with Crippen LogP contribution < -0.4 is 5.73 Å². The minimum atomic E-state index is 0.0148. The summed E-state index contributed by atoms with van der Waals surface area (Å²) in [6.45, 7) is 1.52. The number of nitrogens with two attached hydrogens (primary N) is 1.